The lowest BCUT2D eigenvalue weighted by molar-refractivity contribution is -0.135. The van der Waals surface area contributed by atoms with Gasteiger partial charge < -0.3 is 44.2 Å². The van der Waals surface area contributed by atoms with Gasteiger partial charge in [0.15, 0.2) is 0 Å². The van der Waals surface area contributed by atoms with Crippen LogP contribution in [-0.4, -0.2) is 100 Å². The summed E-state index contributed by atoms with van der Waals surface area (Å²) in [6.45, 7) is 16.0. The molecule has 3 aliphatic rings. The Kier molecular flexibility index (Phi) is 14.5. The van der Waals surface area contributed by atoms with Gasteiger partial charge in [0.25, 0.3) is 0 Å². The summed E-state index contributed by atoms with van der Waals surface area (Å²) < 4.78 is 17.7. The van der Waals surface area contributed by atoms with Crippen molar-refractivity contribution in [3.05, 3.63) is 114 Å². The van der Waals surface area contributed by atoms with Gasteiger partial charge in [-0.3, -0.25) is 9.59 Å². The first-order valence-electron chi connectivity index (χ1n) is 24.3. The van der Waals surface area contributed by atoms with Crippen LogP contribution in [0.25, 0.3) is 22.5 Å². The lowest BCUT2D eigenvalue weighted by Gasteiger charge is -2.34. The van der Waals surface area contributed by atoms with Crippen LogP contribution in [0.3, 0.4) is 0 Å². The molecule has 3 saturated heterocycles. The summed E-state index contributed by atoms with van der Waals surface area (Å²) in [7, 11) is 4.83. The van der Waals surface area contributed by atoms with E-state index >= 15 is 0 Å². The first kappa shape index (κ1) is 48.5. The summed E-state index contributed by atoms with van der Waals surface area (Å²) in [6.07, 6.45) is 6.46. The molecular weight excluding hydrogens is 857 g/mol. The lowest BCUT2D eigenvalue weighted by atomic mass is 9.87. The van der Waals surface area contributed by atoms with E-state index < -0.39 is 12.1 Å². The zero-order valence-corrected chi connectivity index (χ0v) is 41.4. The monoisotopic (exact) mass is 927 g/mol. The van der Waals surface area contributed by atoms with Gasteiger partial charge in [-0.1, -0.05) is 109 Å². The van der Waals surface area contributed by atoms with Gasteiger partial charge in [-0.15, -0.1) is 0 Å². The number of hydrogen-bond donors (Lipinski definition) is 3. The average molecular weight is 927 g/mol. The number of nitrogens with zero attached hydrogens (tertiary/aromatic N) is 5. The maximum Gasteiger partial charge on any atom is 0.407 e. The Labute approximate surface area is 401 Å². The van der Waals surface area contributed by atoms with Gasteiger partial charge in [0, 0.05) is 39.4 Å². The number of methoxy groups -OCH3 is 3. The second kappa shape index (κ2) is 20.3. The minimum absolute atomic E-state index is 0.0132. The smallest absolute Gasteiger partial charge is 0.407 e. The molecule has 0 aliphatic carbocycles. The zero-order chi connectivity index (χ0) is 48.4. The number of aromatic amines is 2. The number of aromatic nitrogens is 4. The molecule has 3 aromatic carbocycles. The maximum atomic E-state index is 13.8. The van der Waals surface area contributed by atoms with Crippen molar-refractivity contribution >= 4 is 23.6 Å². The zero-order valence-electron chi connectivity index (χ0n) is 41.4. The number of hydrogen-bond acceptors (Lipinski definition) is 9. The van der Waals surface area contributed by atoms with Crippen molar-refractivity contribution in [3.63, 3.8) is 0 Å². The average Bonchev–Trinajstić information content (AvgIpc) is 4.19. The molecule has 7 atom stereocenters. The standard InChI is InChI=1S/C54H70N8O6/c1-32(2)29-44(63)60-27-11-13-42(60)50-55-30-40(57-50)34-15-19-36(20-16-34)46-48(66-8)49(67-9)47(62(46)39-25-23-38(24-26-39)54(5,6)7)37-21-17-35(18-22-37)41-31-56-51(58-41)43-14-12-28-61(43)52(64)45(33(3)4)59-53(65)68-10/h15-26,30-33,42-43,45-49H,11-14,27-29H2,1-10H3,(H,55,57)(H,56,58)(H,59,65)/t42-,43-,45-,46+,47+,48-,49-/m0/s1. The van der Waals surface area contributed by atoms with Gasteiger partial charge in [0.2, 0.25) is 11.8 Å². The van der Waals surface area contributed by atoms with Crippen molar-refractivity contribution in [2.24, 2.45) is 11.8 Å². The molecule has 8 rings (SSSR count). The van der Waals surface area contributed by atoms with Crippen LogP contribution >= 0.6 is 0 Å². The fraction of sp³-hybridized carbons (Fsp3) is 0.500. The number of benzene rings is 3. The van der Waals surface area contributed by atoms with Crippen molar-refractivity contribution in [3.8, 4) is 22.5 Å². The summed E-state index contributed by atoms with van der Waals surface area (Å²) in [5.74, 6) is 1.79. The second-order valence-electron chi connectivity index (χ2n) is 20.5. The topological polar surface area (TPSA) is 158 Å². The van der Waals surface area contributed by atoms with Gasteiger partial charge in [0.05, 0.1) is 55.1 Å². The Morgan fingerprint density at radius 2 is 1.19 bits per heavy atom. The van der Waals surface area contributed by atoms with Gasteiger partial charge in [0.1, 0.15) is 29.9 Å². The van der Waals surface area contributed by atoms with Gasteiger partial charge >= 0.3 is 6.09 Å². The van der Waals surface area contributed by atoms with E-state index in [0.717, 1.165) is 83.2 Å². The SMILES string of the molecule is COC(=O)N[C@H](C(=O)N1CCC[C@H]1c1ncc(-c2ccc([C@@H]3[C@H](OC)[C@@H](OC)[C@@H](c4ccc(-c5cnc([C@@H]6CCCN6C(=O)CC(C)C)[nH]5)cc4)N3c3ccc(C(C)(C)C)cc3)cc2)[nH]1)C(C)C. The Hall–Kier alpha value is -5.99. The van der Waals surface area contributed by atoms with Crippen molar-refractivity contribution in [2.45, 2.75) is 128 Å². The number of imidazole rings is 2. The van der Waals surface area contributed by atoms with E-state index in [1.165, 1.54) is 12.7 Å². The van der Waals surface area contributed by atoms with Crippen LogP contribution < -0.4 is 10.2 Å². The summed E-state index contributed by atoms with van der Waals surface area (Å²) in [4.78, 5) is 62.0. The predicted octanol–water partition coefficient (Wildman–Crippen LogP) is 9.85. The van der Waals surface area contributed by atoms with E-state index in [1.807, 2.05) is 36.0 Å². The molecule has 5 heterocycles. The molecular formula is C54H70N8O6. The molecule has 3 N–H and O–H groups in total. The maximum absolute atomic E-state index is 13.8. The predicted molar refractivity (Wildman–Crippen MR) is 264 cm³/mol. The van der Waals surface area contributed by atoms with Crippen LogP contribution in [0.4, 0.5) is 10.5 Å². The summed E-state index contributed by atoms with van der Waals surface area (Å²) in [5, 5.41) is 2.73. The Morgan fingerprint density at radius 1 is 0.706 bits per heavy atom. The number of H-pyrrole nitrogens is 2. The molecule has 5 aromatic rings. The van der Waals surface area contributed by atoms with E-state index in [4.69, 9.17) is 24.2 Å². The Bertz CT molecular complexity index is 2510. The molecule has 3 amide bonds. The van der Waals surface area contributed by atoms with E-state index in [0.29, 0.717) is 18.9 Å². The molecule has 0 saturated carbocycles. The summed E-state index contributed by atoms with van der Waals surface area (Å²) in [6, 6.07) is 24.7. The number of amides is 3. The first-order valence-corrected chi connectivity index (χ1v) is 24.3. The highest BCUT2D eigenvalue weighted by Gasteiger charge is 2.51. The van der Waals surface area contributed by atoms with Crippen LogP contribution in [-0.2, 0) is 29.2 Å². The number of carbonyl (C=O) groups is 3. The fourth-order valence-electron chi connectivity index (χ4n) is 10.6. The molecule has 0 bridgehead atoms. The van der Waals surface area contributed by atoms with Gasteiger partial charge in [-0.25, -0.2) is 14.8 Å². The third kappa shape index (κ3) is 9.80. The number of nitrogens with one attached hydrogen (secondary N) is 3. The third-order valence-electron chi connectivity index (χ3n) is 14.2. The normalized spacial score (nSPS) is 22.4. The molecule has 2 aromatic heterocycles. The number of ether oxygens (including phenoxy) is 3. The highest BCUT2D eigenvalue weighted by atomic mass is 16.5. The number of likely N-dealkylation sites (tertiary alicyclic amines) is 2. The summed E-state index contributed by atoms with van der Waals surface area (Å²) >= 11 is 0. The van der Waals surface area contributed by atoms with Crippen LogP contribution in [0.2, 0.25) is 0 Å². The van der Waals surface area contributed by atoms with Crippen molar-refractivity contribution in [1.82, 2.24) is 35.1 Å². The van der Waals surface area contributed by atoms with Crippen molar-refractivity contribution in [1.29, 1.82) is 0 Å². The molecule has 14 heteroatoms. The van der Waals surface area contributed by atoms with Crippen molar-refractivity contribution < 1.29 is 28.6 Å². The molecule has 0 spiro atoms. The minimum atomic E-state index is -0.706. The molecule has 362 valence electrons. The number of carbonyl (C=O) groups excluding carboxylic acids is 3. The van der Waals surface area contributed by atoms with Gasteiger partial charge in [-0.05, 0) is 82.9 Å². The quantitative estimate of drug-likeness (QED) is 0.0986. The van der Waals surface area contributed by atoms with Crippen LogP contribution in [0.15, 0.2) is 85.2 Å². The van der Waals surface area contributed by atoms with Crippen LogP contribution in [0.5, 0.6) is 0 Å². The minimum Gasteiger partial charge on any atom is -0.453 e. The van der Waals surface area contributed by atoms with E-state index in [9.17, 15) is 14.4 Å². The Morgan fingerprint density at radius 3 is 1.63 bits per heavy atom. The number of anilines is 1. The highest BCUT2D eigenvalue weighted by molar-refractivity contribution is 5.86. The lowest BCUT2D eigenvalue weighted by Crippen LogP contribution is -2.51. The molecule has 3 aliphatic heterocycles. The molecule has 0 radical (unpaired) electrons. The van der Waals surface area contributed by atoms with E-state index in [2.05, 4.69) is 128 Å². The fourth-order valence-corrected chi connectivity index (χ4v) is 10.6. The van der Waals surface area contributed by atoms with Crippen LogP contribution in [0.1, 0.15) is 133 Å². The highest BCUT2D eigenvalue weighted by Crippen LogP contribution is 2.50. The third-order valence-corrected chi connectivity index (χ3v) is 14.2. The first-order chi connectivity index (χ1) is 32.6. The van der Waals surface area contributed by atoms with E-state index in [-0.39, 0.29) is 59.5 Å². The van der Waals surface area contributed by atoms with Crippen LogP contribution in [0, 0.1) is 11.8 Å². The number of alkyl carbamates (subject to hydrolysis) is 1. The molecule has 68 heavy (non-hydrogen) atoms. The second-order valence-corrected chi connectivity index (χ2v) is 20.5. The van der Waals surface area contributed by atoms with E-state index in [1.54, 1.807) is 14.2 Å². The number of rotatable bonds is 14. The Balaban J connectivity index is 1.08. The molecule has 3 fully saturated rings. The van der Waals surface area contributed by atoms with Gasteiger partial charge in [-0.2, -0.15) is 0 Å². The van der Waals surface area contributed by atoms with Crippen molar-refractivity contribution in [2.75, 3.05) is 39.3 Å². The molecule has 0 unspecified atom stereocenters. The summed E-state index contributed by atoms with van der Waals surface area (Å²) in [5.41, 5.74) is 8.20. The largest absolute Gasteiger partial charge is 0.453 e. The molecule has 14 nitrogen and oxygen atoms in total.